The minimum atomic E-state index is -0.212. The van der Waals surface area contributed by atoms with Crippen LogP contribution in [-0.2, 0) is 14.2 Å². The normalized spacial score (nSPS) is 31.1. The van der Waals surface area contributed by atoms with Crippen LogP contribution in [0, 0.1) is 5.92 Å². The first-order chi connectivity index (χ1) is 6.85. The average Bonchev–Trinajstić information content (AvgIpc) is 2.63. The Morgan fingerprint density at radius 1 is 1.36 bits per heavy atom. The Morgan fingerprint density at radius 2 is 2.14 bits per heavy atom. The van der Waals surface area contributed by atoms with Gasteiger partial charge >= 0.3 is 0 Å². The van der Waals surface area contributed by atoms with E-state index in [1.807, 2.05) is 0 Å². The van der Waals surface area contributed by atoms with Crippen LogP contribution in [0.1, 0.15) is 32.1 Å². The molecular weight excluding hydrogens is 180 g/mol. The Labute approximate surface area is 85.7 Å². The summed E-state index contributed by atoms with van der Waals surface area (Å²) in [6.07, 6.45) is 5.82. The van der Waals surface area contributed by atoms with Crippen molar-refractivity contribution in [3.8, 4) is 0 Å². The highest BCUT2D eigenvalue weighted by atomic mass is 16.7. The Kier molecular flexibility index (Phi) is 3.42. The molecule has 2 rings (SSSR count). The van der Waals surface area contributed by atoms with Gasteiger partial charge in [-0.05, 0) is 25.2 Å². The Bertz CT molecular complexity index is 175. The third kappa shape index (κ3) is 2.27. The molecule has 0 N–H and O–H groups in total. The molecule has 82 valence electrons. The van der Waals surface area contributed by atoms with E-state index >= 15 is 0 Å². The summed E-state index contributed by atoms with van der Waals surface area (Å²) < 4.78 is 16.6. The van der Waals surface area contributed by atoms with Crippen molar-refractivity contribution in [3.05, 3.63) is 0 Å². The highest BCUT2D eigenvalue weighted by Crippen LogP contribution is 2.39. The fourth-order valence-electron chi connectivity index (χ4n) is 2.59. The standard InChI is InChI=1S/C11H20O3/c1-12-6-4-10-3-2-5-11(9-10)13-7-8-14-11/h10H,2-9H2,1H3. The van der Waals surface area contributed by atoms with Crippen molar-refractivity contribution in [2.24, 2.45) is 5.92 Å². The molecule has 1 saturated carbocycles. The van der Waals surface area contributed by atoms with Crippen molar-refractivity contribution in [2.45, 2.75) is 37.9 Å². The van der Waals surface area contributed by atoms with Gasteiger partial charge in [0.05, 0.1) is 13.2 Å². The largest absolute Gasteiger partial charge is 0.385 e. The first kappa shape index (κ1) is 10.4. The lowest BCUT2D eigenvalue weighted by Gasteiger charge is -2.36. The molecule has 1 saturated heterocycles. The summed E-state index contributed by atoms with van der Waals surface area (Å²) in [5.74, 6) is 0.512. The van der Waals surface area contributed by atoms with Crippen LogP contribution < -0.4 is 0 Å². The molecule has 0 bridgehead atoms. The second-order valence-electron chi connectivity index (χ2n) is 4.35. The summed E-state index contributed by atoms with van der Waals surface area (Å²) in [4.78, 5) is 0. The highest BCUT2D eigenvalue weighted by Gasteiger charge is 2.40. The van der Waals surface area contributed by atoms with Gasteiger partial charge in [-0.25, -0.2) is 0 Å². The molecule has 0 aromatic carbocycles. The monoisotopic (exact) mass is 200 g/mol. The molecule has 0 amide bonds. The van der Waals surface area contributed by atoms with Gasteiger partial charge in [-0.1, -0.05) is 0 Å². The molecule has 1 aliphatic carbocycles. The molecule has 1 heterocycles. The zero-order chi connectivity index (χ0) is 9.86. The zero-order valence-electron chi connectivity index (χ0n) is 8.96. The number of hydrogen-bond donors (Lipinski definition) is 0. The van der Waals surface area contributed by atoms with Gasteiger partial charge < -0.3 is 14.2 Å². The molecule has 0 aromatic heterocycles. The molecule has 1 unspecified atom stereocenters. The summed E-state index contributed by atoms with van der Waals surface area (Å²) in [6, 6.07) is 0. The number of methoxy groups -OCH3 is 1. The zero-order valence-corrected chi connectivity index (χ0v) is 8.96. The van der Waals surface area contributed by atoms with Crippen LogP contribution in [0.4, 0.5) is 0 Å². The quantitative estimate of drug-likeness (QED) is 0.697. The minimum Gasteiger partial charge on any atom is -0.385 e. The second-order valence-corrected chi connectivity index (χ2v) is 4.35. The molecule has 0 aromatic rings. The third-order valence-corrected chi connectivity index (χ3v) is 3.31. The average molecular weight is 200 g/mol. The summed E-state index contributed by atoms with van der Waals surface area (Å²) in [5, 5.41) is 0. The maximum absolute atomic E-state index is 5.73. The first-order valence-electron chi connectivity index (χ1n) is 5.61. The fourth-order valence-corrected chi connectivity index (χ4v) is 2.59. The van der Waals surface area contributed by atoms with Crippen molar-refractivity contribution < 1.29 is 14.2 Å². The van der Waals surface area contributed by atoms with Gasteiger partial charge in [-0.15, -0.1) is 0 Å². The predicted molar refractivity (Wildman–Crippen MR) is 53.1 cm³/mol. The highest BCUT2D eigenvalue weighted by molar-refractivity contribution is 4.83. The van der Waals surface area contributed by atoms with Crippen LogP contribution >= 0.6 is 0 Å². The van der Waals surface area contributed by atoms with Crippen LogP contribution in [0.2, 0.25) is 0 Å². The van der Waals surface area contributed by atoms with Gasteiger partial charge in [0.15, 0.2) is 5.79 Å². The molecule has 14 heavy (non-hydrogen) atoms. The molecular formula is C11H20O3. The summed E-state index contributed by atoms with van der Waals surface area (Å²) in [5.41, 5.74) is 0. The van der Waals surface area contributed by atoms with E-state index in [0.717, 1.165) is 45.0 Å². The van der Waals surface area contributed by atoms with Gasteiger partial charge in [0.2, 0.25) is 0 Å². The topological polar surface area (TPSA) is 27.7 Å². The second kappa shape index (κ2) is 4.60. The molecule has 2 fully saturated rings. The maximum atomic E-state index is 5.73. The Hall–Kier alpha value is -0.120. The Balaban J connectivity index is 1.83. The smallest absolute Gasteiger partial charge is 0.168 e. The summed E-state index contributed by atoms with van der Waals surface area (Å²) >= 11 is 0. The van der Waals surface area contributed by atoms with Crippen LogP contribution in [0.5, 0.6) is 0 Å². The van der Waals surface area contributed by atoms with Gasteiger partial charge in [-0.3, -0.25) is 0 Å². The van der Waals surface area contributed by atoms with Crippen molar-refractivity contribution in [1.29, 1.82) is 0 Å². The van der Waals surface area contributed by atoms with Gasteiger partial charge in [0.1, 0.15) is 0 Å². The van der Waals surface area contributed by atoms with Gasteiger partial charge in [-0.2, -0.15) is 0 Å². The van der Waals surface area contributed by atoms with E-state index in [9.17, 15) is 0 Å². The van der Waals surface area contributed by atoms with Crippen LogP contribution in [0.3, 0.4) is 0 Å². The van der Waals surface area contributed by atoms with E-state index < -0.39 is 0 Å². The first-order valence-corrected chi connectivity index (χ1v) is 5.61. The summed E-state index contributed by atoms with van der Waals surface area (Å²) in [6.45, 7) is 2.41. The lowest BCUT2D eigenvalue weighted by atomic mass is 9.83. The van der Waals surface area contributed by atoms with Crippen molar-refractivity contribution in [2.75, 3.05) is 26.9 Å². The fraction of sp³-hybridized carbons (Fsp3) is 1.00. The van der Waals surface area contributed by atoms with Crippen molar-refractivity contribution in [1.82, 2.24) is 0 Å². The van der Waals surface area contributed by atoms with Gasteiger partial charge in [0, 0.05) is 26.6 Å². The molecule has 1 atom stereocenters. The molecule has 1 spiro atoms. The third-order valence-electron chi connectivity index (χ3n) is 3.31. The molecule has 3 nitrogen and oxygen atoms in total. The van der Waals surface area contributed by atoms with Gasteiger partial charge in [0.25, 0.3) is 0 Å². The lowest BCUT2D eigenvalue weighted by Crippen LogP contribution is -2.36. The van der Waals surface area contributed by atoms with Crippen molar-refractivity contribution >= 4 is 0 Å². The van der Waals surface area contributed by atoms with Crippen LogP contribution in [0.25, 0.3) is 0 Å². The molecule has 0 radical (unpaired) electrons. The summed E-state index contributed by atoms with van der Waals surface area (Å²) in [7, 11) is 1.77. The molecule has 2 aliphatic rings. The van der Waals surface area contributed by atoms with E-state index in [1.54, 1.807) is 7.11 Å². The van der Waals surface area contributed by atoms with E-state index in [4.69, 9.17) is 14.2 Å². The number of rotatable bonds is 3. The maximum Gasteiger partial charge on any atom is 0.168 e. The van der Waals surface area contributed by atoms with E-state index in [1.165, 1.54) is 12.8 Å². The minimum absolute atomic E-state index is 0.212. The van der Waals surface area contributed by atoms with E-state index in [-0.39, 0.29) is 5.79 Å². The molecule has 3 heteroatoms. The van der Waals surface area contributed by atoms with Crippen LogP contribution in [-0.4, -0.2) is 32.7 Å². The van der Waals surface area contributed by atoms with Crippen LogP contribution in [0.15, 0.2) is 0 Å². The van der Waals surface area contributed by atoms with E-state index in [2.05, 4.69) is 0 Å². The number of ether oxygens (including phenoxy) is 3. The lowest BCUT2D eigenvalue weighted by molar-refractivity contribution is -0.187. The Morgan fingerprint density at radius 3 is 2.86 bits per heavy atom. The SMILES string of the molecule is COCCC1CCCC2(C1)OCCO2. The number of hydrogen-bond acceptors (Lipinski definition) is 3. The molecule has 1 aliphatic heterocycles. The predicted octanol–water partition coefficient (Wildman–Crippen LogP) is 1.96. The van der Waals surface area contributed by atoms with E-state index in [0.29, 0.717) is 0 Å². The van der Waals surface area contributed by atoms with Crippen molar-refractivity contribution in [3.63, 3.8) is 0 Å².